The van der Waals surface area contributed by atoms with Crippen LogP contribution in [0.5, 0.6) is 0 Å². The molecule has 0 amide bonds. The minimum Gasteiger partial charge on any atom is -0.483 e. The minimum absolute atomic E-state index is 0.250. The van der Waals surface area contributed by atoms with Crippen LogP contribution in [0.15, 0.2) is 24.4 Å². The number of hydrogen-bond acceptors (Lipinski definition) is 5. The van der Waals surface area contributed by atoms with Crippen molar-refractivity contribution in [3.8, 4) is 0 Å². The van der Waals surface area contributed by atoms with Crippen LogP contribution in [-0.2, 0) is 9.59 Å². The summed E-state index contributed by atoms with van der Waals surface area (Å²) in [6.07, 6.45) is 1.46. The fourth-order valence-corrected chi connectivity index (χ4v) is 3.28. The maximum absolute atomic E-state index is 11.3. The Labute approximate surface area is 145 Å². The summed E-state index contributed by atoms with van der Waals surface area (Å²) in [4.78, 5) is 26.2. The molecule has 0 spiro atoms. The summed E-state index contributed by atoms with van der Waals surface area (Å²) >= 11 is 0. The van der Waals surface area contributed by atoms with E-state index in [1.54, 1.807) is 6.20 Å². The number of carboxylic acids is 1. The third-order valence-corrected chi connectivity index (χ3v) is 4.39. The Balaban J connectivity index is 0.000000701. The van der Waals surface area contributed by atoms with Gasteiger partial charge in [-0.3, -0.25) is 14.6 Å². The number of pyridine rings is 1. The van der Waals surface area contributed by atoms with Crippen LogP contribution in [0.2, 0.25) is 0 Å². The SMILES string of the molecule is Cc1cc(C)c2nccc(N3CC[C@H](O)[C@@H](C(=O)O)C3)c2c1.O=CO. The molecule has 0 unspecified atom stereocenters. The van der Waals surface area contributed by atoms with Gasteiger partial charge in [-0.2, -0.15) is 0 Å². The zero-order valence-corrected chi connectivity index (χ0v) is 14.2. The van der Waals surface area contributed by atoms with Gasteiger partial charge in [0.25, 0.3) is 6.47 Å². The summed E-state index contributed by atoms with van der Waals surface area (Å²) in [5, 5.41) is 27.1. The molecule has 1 aliphatic heterocycles. The van der Waals surface area contributed by atoms with E-state index < -0.39 is 18.0 Å². The Morgan fingerprint density at radius 1 is 1.36 bits per heavy atom. The van der Waals surface area contributed by atoms with Gasteiger partial charge in [-0.15, -0.1) is 0 Å². The first kappa shape index (κ1) is 18.7. The topological polar surface area (TPSA) is 111 Å². The molecule has 134 valence electrons. The van der Waals surface area contributed by atoms with E-state index >= 15 is 0 Å². The van der Waals surface area contributed by atoms with Crippen LogP contribution in [0.25, 0.3) is 10.9 Å². The van der Waals surface area contributed by atoms with E-state index in [4.69, 9.17) is 9.90 Å². The normalized spacial score (nSPS) is 19.9. The second-order valence-corrected chi connectivity index (χ2v) is 6.16. The predicted molar refractivity (Wildman–Crippen MR) is 93.9 cm³/mol. The van der Waals surface area contributed by atoms with Gasteiger partial charge in [0.15, 0.2) is 0 Å². The van der Waals surface area contributed by atoms with E-state index in [9.17, 15) is 15.0 Å². The number of benzene rings is 1. The predicted octanol–water partition coefficient (Wildman–Crippen LogP) is 1.82. The van der Waals surface area contributed by atoms with Gasteiger partial charge in [0.1, 0.15) is 5.92 Å². The summed E-state index contributed by atoms with van der Waals surface area (Å²) in [6.45, 7) is 4.80. The highest BCUT2D eigenvalue weighted by Crippen LogP contribution is 2.31. The van der Waals surface area contributed by atoms with Crippen molar-refractivity contribution in [3.05, 3.63) is 35.5 Å². The smallest absolute Gasteiger partial charge is 0.310 e. The van der Waals surface area contributed by atoms with Gasteiger partial charge in [-0.25, -0.2) is 0 Å². The highest BCUT2D eigenvalue weighted by Gasteiger charge is 2.33. The molecule has 1 aromatic heterocycles. The fourth-order valence-electron chi connectivity index (χ4n) is 3.28. The van der Waals surface area contributed by atoms with Crippen LogP contribution in [0.4, 0.5) is 5.69 Å². The zero-order chi connectivity index (χ0) is 18.6. The third-order valence-electron chi connectivity index (χ3n) is 4.39. The van der Waals surface area contributed by atoms with Crippen LogP contribution < -0.4 is 4.90 Å². The van der Waals surface area contributed by atoms with Crippen LogP contribution in [0.1, 0.15) is 17.5 Å². The summed E-state index contributed by atoms with van der Waals surface area (Å²) < 4.78 is 0. The number of carbonyl (C=O) groups is 2. The molecule has 0 radical (unpaired) electrons. The molecule has 3 rings (SSSR count). The van der Waals surface area contributed by atoms with E-state index in [1.807, 2.05) is 19.9 Å². The van der Waals surface area contributed by atoms with Gasteiger partial charge < -0.3 is 20.2 Å². The lowest BCUT2D eigenvalue weighted by atomic mass is 9.94. The molecule has 25 heavy (non-hydrogen) atoms. The molecule has 2 heterocycles. The molecule has 0 aliphatic carbocycles. The van der Waals surface area contributed by atoms with E-state index in [1.165, 1.54) is 0 Å². The number of piperidine rings is 1. The van der Waals surface area contributed by atoms with Crippen LogP contribution in [-0.4, -0.2) is 51.9 Å². The van der Waals surface area contributed by atoms with Gasteiger partial charge in [-0.05, 0) is 38.0 Å². The molecule has 7 nitrogen and oxygen atoms in total. The molecule has 1 saturated heterocycles. The molecule has 0 bridgehead atoms. The second-order valence-electron chi connectivity index (χ2n) is 6.16. The standard InChI is InChI=1S/C17H20N2O3.CH2O2/c1-10-7-11(2)16-12(8-10)14(3-5-18-16)19-6-4-15(20)13(9-19)17(21)22;2-1-3/h3,5,7-8,13,15,20H,4,6,9H2,1-2H3,(H,21,22);1H,(H,2,3)/t13-,15-;/m0./s1. The highest BCUT2D eigenvalue weighted by molar-refractivity contribution is 5.94. The quantitative estimate of drug-likeness (QED) is 0.711. The monoisotopic (exact) mass is 346 g/mol. The molecule has 1 fully saturated rings. The van der Waals surface area contributed by atoms with Crippen LogP contribution >= 0.6 is 0 Å². The van der Waals surface area contributed by atoms with E-state index in [0.29, 0.717) is 19.5 Å². The maximum atomic E-state index is 11.3. The Hall–Kier alpha value is -2.67. The molecule has 1 aromatic carbocycles. The van der Waals surface area contributed by atoms with Gasteiger partial charge in [0, 0.05) is 30.4 Å². The lowest BCUT2D eigenvalue weighted by Gasteiger charge is -2.36. The highest BCUT2D eigenvalue weighted by atomic mass is 16.4. The number of carboxylic acid groups (broad SMARTS) is 2. The van der Waals surface area contributed by atoms with Crippen molar-refractivity contribution < 1.29 is 24.9 Å². The summed E-state index contributed by atoms with van der Waals surface area (Å²) in [6, 6.07) is 6.11. The van der Waals surface area contributed by atoms with Crippen molar-refractivity contribution in [2.45, 2.75) is 26.4 Å². The third kappa shape index (κ3) is 4.06. The van der Waals surface area contributed by atoms with Crippen molar-refractivity contribution in [2.75, 3.05) is 18.0 Å². The molecule has 7 heteroatoms. The van der Waals surface area contributed by atoms with Crippen LogP contribution in [0.3, 0.4) is 0 Å². The van der Waals surface area contributed by atoms with E-state index in [2.05, 4.69) is 22.0 Å². The average molecular weight is 346 g/mol. The number of aromatic nitrogens is 1. The molecule has 3 N–H and O–H groups in total. The largest absolute Gasteiger partial charge is 0.483 e. The summed E-state index contributed by atoms with van der Waals surface area (Å²) in [7, 11) is 0. The van der Waals surface area contributed by atoms with Crippen molar-refractivity contribution in [1.29, 1.82) is 0 Å². The lowest BCUT2D eigenvalue weighted by molar-refractivity contribution is -0.146. The lowest BCUT2D eigenvalue weighted by Crippen LogP contribution is -2.46. The first-order chi connectivity index (χ1) is 11.9. The number of hydrogen-bond donors (Lipinski definition) is 3. The Bertz CT molecular complexity index is 777. The van der Waals surface area contributed by atoms with Crippen LogP contribution in [0, 0.1) is 19.8 Å². The number of fused-ring (bicyclic) bond motifs is 1. The first-order valence-electron chi connectivity index (χ1n) is 7.98. The number of aliphatic hydroxyl groups is 1. The Morgan fingerprint density at radius 2 is 2.04 bits per heavy atom. The van der Waals surface area contributed by atoms with Crippen molar-refractivity contribution in [2.24, 2.45) is 5.92 Å². The minimum atomic E-state index is -0.942. The number of aryl methyl sites for hydroxylation is 2. The number of nitrogens with zero attached hydrogens (tertiary/aromatic N) is 2. The van der Waals surface area contributed by atoms with E-state index in [0.717, 1.165) is 27.7 Å². The fraction of sp³-hybridized carbons (Fsp3) is 0.389. The van der Waals surface area contributed by atoms with Crippen molar-refractivity contribution in [1.82, 2.24) is 4.98 Å². The number of aliphatic carboxylic acids is 1. The second kappa shape index (κ2) is 7.94. The summed E-state index contributed by atoms with van der Waals surface area (Å²) in [5.74, 6) is -1.69. The molecule has 1 aliphatic rings. The Morgan fingerprint density at radius 3 is 2.68 bits per heavy atom. The summed E-state index contributed by atoms with van der Waals surface area (Å²) in [5.41, 5.74) is 4.21. The van der Waals surface area contributed by atoms with Gasteiger partial charge in [0.05, 0.1) is 11.6 Å². The Kier molecular flexibility index (Phi) is 5.93. The number of rotatable bonds is 2. The zero-order valence-electron chi connectivity index (χ0n) is 14.2. The molecular weight excluding hydrogens is 324 g/mol. The molecule has 2 aromatic rings. The maximum Gasteiger partial charge on any atom is 0.310 e. The number of anilines is 1. The molecule has 2 atom stereocenters. The van der Waals surface area contributed by atoms with Gasteiger partial charge in [-0.1, -0.05) is 11.6 Å². The molecule has 0 saturated carbocycles. The first-order valence-corrected chi connectivity index (χ1v) is 7.98. The molecular formula is C18H22N2O5. The van der Waals surface area contributed by atoms with Gasteiger partial charge >= 0.3 is 5.97 Å². The van der Waals surface area contributed by atoms with Gasteiger partial charge in [0.2, 0.25) is 0 Å². The van der Waals surface area contributed by atoms with E-state index in [-0.39, 0.29) is 6.47 Å². The van der Waals surface area contributed by atoms with Crippen molar-refractivity contribution >= 4 is 29.0 Å². The average Bonchev–Trinajstić information content (AvgIpc) is 2.55. The van der Waals surface area contributed by atoms with Crippen molar-refractivity contribution in [3.63, 3.8) is 0 Å². The number of aliphatic hydroxyl groups excluding tert-OH is 1.